The third kappa shape index (κ3) is 3.69. The molecule has 0 bridgehead atoms. The number of nitrogens with zero attached hydrogens (tertiary/aromatic N) is 3. The number of hydrogen-bond acceptors (Lipinski definition) is 5. The Morgan fingerprint density at radius 1 is 1.14 bits per heavy atom. The fraction of sp³-hybridized carbons (Fsp3) is 0.467. The molecule has 3 rings (SSSR count). The minimum atomic E-state index is -0.250. The van der Waals surface area contributed by atoms with Crippen LogP contribution in [0.4, 0.5) is 10.2 Å². The highest BCUT2D eigenvalue weighted by atomic mass is 32.1. The molecule has 0 unspecified atom stereocenters. The van der Waals surface area contributed by atoms with Gasteiger partial charge in [0.15, 0.2) is 0 Å². The molecule has 6 heteroatoms. The Balaban J connectivity index is 1.67. The van der Waals surface area contributed by atoms with Crippen molar-refractivity contribution in [3.8, 4) is 5.88 Å². The molecule has 2 aromatic rings. The van der Waals surface area contributed by atoms with Crippen molar-refractivity contribution in [2.75, 3.05) is 18.0 Å². The van der Waals surface area contributed by atoms with Crippen molar-refractivity contribution in [1.29, 1.82) is 0 Å². The van der Waals surface area contributed by atoms with Gasteiger partial charge in [-0.05, 0) is 30.5 Å². The van der Waals surface area contributed by atoms with E-state index in [1.165, 1.54) is 37.8 Å². The zero-order valence-corrected chi connectivity index (χ0v) is 12.6. The Morgan fingerprint density at radius 3 is 2.71 bits per heavy atom. The average Bonchev–Trinajstić information content (AvgIpc) is 2.78. The molecule has 1 aromatic heterocycles. The number of benzene rings is 1. The molecule has 4 nitrogen and oxygen atoms in total. The van der Waals surface area contributed by atoms with Crippen molar-refractivity contribution >= 4 is 17.5 Å². The largest absolute Gasteiger partial charge is 0.470 e. The molecule has 1 aliphatic heterocycles. The van der Waals surface area contributed by atoms with Gasteiger partial charge in [0.25, 0.3) is 5.88 Å². The van der Waals surface area contributed by atoms with E-state index in [0.717, 1.165) is 36.2 Å². The molecule has 0 saturated carbocycles. The summed E-state index contributed by atoms with van der Waals surface area (Å²) >= 11 is 1.16. The minimum Gasteiger partial charge on any atom is -0.470 e. The smallest absolute Gasteiger partial charge is 0.271 e. The topological polar surface area (TPSA) is 38.3 Å². The maximum atomic E-state index is 13.2. The summed E-state index contributed by atoms with van der Waals surface area (Å²) in [5.74, 6) is 1.14. The van der Waals surface area contributed by atoms with E-state index < -0.39 is 0 Å². The van der Waals surface area contributed by atoms with Crippen molar-refractivity contribution in [3.63, 3.8) is 0 Å². The summed E-state index contributed by atoms with van der Waals surface area (Å²) in [7, 11) is 0. The maximum absolute atomic E-state index is 13.2. The second-order valence-electron chi connectivity index (χ2n) is 5.21. The van der Waals surface area contributed by atoms with Gasteiger partial charge in [-0.25, -0.2) is 4.39 Å². The number of rotatable bonds is 4. The van der Waals surface area contributed by atoms with Crippen LogP contribution in [0.15, 0.2) is 24.3 Å². The van der Waals surface area contributed by atoms with E-state index in [0.29, 0.717) is 12.5 Å². The van der Waals surface area contributed by atoms with Gasteiger partial charge in [-0.15, -0.1) is 4.37 Å². The number of ether oxygens (including phenoxy) is 1. The number of anilines is 1. The van der Waals surface area contributed by atoms with E-state index in [1.807, 2.05) is 6.07 Å². The summed E-state index contributed by atoms with van der Waals surface area (Å²) in [6.07, 6.45) is 4.91. The van der Waals surface area contributed by atoms with Gasteiger partial charge in [-0.1, -0.05) is 25.0 Å². The SMILES string of the molecule is Fc1cccc(COc2nsnc2N2CCCCCC2)c1. The summed E-state index contributed by atoms with van der Waals surface area (Å²) in [5, 5.41) is 0. The second-order valence-corrected chi connectivity index (χ2v) is 5.74. The van der Waals surface area contributed by atoms with E-state index in [9.17, 15) is 4.39 Å². The van der Waals surface area contributed by atoms with Crippen LogP contribution in [0.2, 0.25) is 0 Å². The molecule has 1 aliphatic rings. The molecular weight excluding hydrogens is 289 g/mol. The molecule has 0 atom stereocenters. The number of hydrogen-bond donors (Lipinski definition) is 0. The lowest BCUT2D eigenvalue weighted by Crippen LogP contribution is -2.24. The van der Waals surface area contributed by atoms with E-state index in [1.54, 1.807) is 6.07 Å². The number of halogens is 1. The lowest BCUT2D eigenvalue weighted by Gasteiger charge is -2.20. The van der Waals surface area contributed by atoms with E-state index in [2.05, 4.69) is 13.6 Å². The third-order valence-electron chi connectivity index (χ3n) is 3.61. The van der Waals surface area contributed by atoms with Gasteiger partial charge in [0.1, 0.15) is 12.4 Å². The second kappa shape index (κ2) is 6.85. The monoisotopic (exact) mass is 307 g/mol. The summed E-state index contributed by atoms with van der Waals surface area (Å²) in [5.41, 5.74) is 0.796. The van der Waals surface area contributed by atoms with E-state index >= 15 is 0 Å². The summed E-state index contributed by atoms with van der Waals surface area (Å²) in [4.78, 5) is 2.25. The van der Waals surface area contributed by atoms with Crippen LogP contribution in [-0.4, -0.2) is 21.8 Å². The first kappa shape index (κ1) is 14.3. The minimum absolute atomic E-state index is 0.250. The molecular formula is C15H18FN3OS. The van der Waals surface area contributed by atoms with Crippen LogP contribution in [0.3, 0.4) is 0 Å². The highest BCUT2D eigenvalue weighted by Crippen LogP contribution is 2.28. The van der Waals surface area contributed by atoms with Crippen LogP contribution >= 0.6 is 11.7 Å². The fourth-order valence-electron chi connectivity index (χ4n) is 2.52. The zero-order valence-electron chi connectivity index (χ0n) is 11.8. The van der Waals surface area contributed by atoms with Crippen LogP contribution in [-0.2, 0) is 6.61 Å². The van der Waals surface area contributed by atoms with Crippen molar-refractivity contribution in [1.82, 2.24) is 8.75 Å². The lowest BCUT2D eigenvalue weighted by molar-refractivity contribution is 0.296. The Kier molecular flexibility index (Phi) is 4.65. The van der Waals surface area contributed by atoms with Gasteiger partial charge in [0.2, 0.25) is 5.82 Å². The van der Waals surface area contributed by atoms with Crippen molar-refractivity contribution in [3.05, 3.63) is 35.6 Å². The Bertz CT molecular complexity index is 582. The third-order valence-corrected chi connectivity index (χ3v) is 4.11. The predicted octanol–water partition coefficient (Wildman–Crippen LogP) is 3.64. The Hall–Kier alpha value is -1.69. The molecule has 112 valence electrons. The summed E-state index contributed by atoms with van der Waals surface area (Å²) < 4.78 is 27.5. The average molecular weight is 307 g/mol. The van der Waals surface area contributed by atoms with Crippen molar-refractivity contribution < 1.29 is 9.13 Å². The molecule has 1 aromatic carbocycles. The molecule has 0 amide bonds. The maximum Gasteiger partial charge on any atom is 0.271 e. The Labute approximate surface area is 127 Å². The molecule has 1 saturated heterocycles. The van der Waals surface area contributed by atoms with Gasteiger partial charge < -0.3 is 9.64 Å². The highest BCUT2D eigenvalue weighted by Gasteiger charge is 2.18. The highest BCUT2D eigenvalue weighted by molar-refractivity contribution is 6.99. The summed E-state index contributed by atoms with van der Waals surface area (Å²) in [6.45, 7) is 2.31. The van der Waals surface area contributed by atoms with Crippen LogP contribution < -0.4 is 9.64 Å². The van der Waals surface area contributed by atoms with Crippen LogP contribution in [0.5, 0.6) is 5.88 Å². The molecule has 0 N–H and O–H groups in total. The molecule has 1 fully saturated rings. The Morgan fingerprint density at radius 2 is 1.95 bits per heavy atom. The van der Waals surface area contributed by atoms with Crippen LogP contribution in [0.25, 0.3) is 0 Å². The number of aromatic nitrogens is 2. The normalized spacial score (nSPS) is 15.8. The molecule has 0 aliphatic carbocycles. The van der Waals surface area contributed by atoms with Gasteiger partial charge in [0.05, 0.1) is 11.7 Å². The van der Waals surface area contributed by atoms with Crippen molar-refractivity contribution in [2.45, 2.75) is 32.3 Å². The summed E-state index contributed by atoms with van der Waals surface area (Å²) in [6, 6.07) is 6.43. The van der Waals surface area contributed by atoms with Crippen LogP contribution in [0.1, 0.15) is 31.2 Å². The van der Waals surface area contributed by atoms with E-state index in [4.69, 9.17) is 4.74 Å². The van der Waals surface area contributed by atoms with Gasteiger partial charge in [-0.3, -0.25) is 0 Å². The zero-order chi connectivity index (χ0) is 14.5. The predicted molar refractivity (Wildman–Crippen MR) is 81.3 cm³/mol. The van der Waals surface area contributed by atoms with Gasteiger partial charge in [-0.2, -0.15) is 4.37 Å². The fourth-order valence-corrected chi connectivity index (χ4v) is 3.04. The molecule has 21 heavy (non-hydrogen) atoms. The quantitative estimate of drug-likeness (QED) is 0.864. The molecule has 0 radical (unpaired) electrons. The van der Waals surface area contributed by atoms with Crippen LogP contribution in [0, 0.1) is 5.82 Å². The van der Waals surface area contributed by atoms with E-state index in [-0.39, 0.29) is 5.82 Å². The van der Waals surface area contributed by atoms with Gasteiger partial charge in [0, 0.05) is 13.1 Å². The first-order valence-electron chi connectivity index (χ1n) is 7.28. The lowest BCUT2D eigenvalue weighted by atomic mass is 10.2. The van der Waals surface area contributed by atoms with Crippen molar-refractivity contribution in [2.24, 2.45) is 0 Å². The van der Waals surface area contributed by atoms with Gasteiger partial charge >= 0.3 is 0 Å². The first-order chi connectivity index (χ1) is 10.3. The first-order valence-corrected chi connectivity index (χ1v) is 8.01. The standard InChI is InChI=1S/C15H18FN3OS/c16-13-7-5-6-12(10-13)11-20-15-14(17-21-18-15)19-8-3-1-2-4-9-19/h5-7,10H,1-4,8-9,11H2. The molecule has 0 spiro atoms. The molecule has 2 heterocycles.